The molecule has 0 aliphatic rings. The third-order valence-electron chi connectivity index (χ3n) is 3.53. The second kappa shape index (κ2) is 10.2. The van der Waals surface area contributed by atoms with E-state index < -0.39 is 6.10 Å². The molecule has 5 heteroatoms. The largest absolute Gasteiger partial charge is 0.497 e. The van der Waals surface area contributed by atoms with Crippen molar-refractivity contribution in [3.05, 3.63) is 23.8 Å². The number of nitrogens with one attached hydrogen (secondary N) is 1. The van der Waals surface area contributed by atoms with Crippen molar-refractivity contribution in [1.82, 2.24) is 5.32 Å². The standard InChI is InChI=1S/C18H29NO4/c1-13(2)19-11-16(21)12-23-18-10-17(22-4)6-5-15(18)9-14(3)7-8-20/h5-6,8,10,13-14,16,19,21H,7,9,11-12H2,1-4H3/t14-,16?/m1/s1. The highest BCUT2D eigenvalue weighted by Gasteiger charge is 2.12. The molecule has 0 aliphatic carbocycles. The number of benzene rings is 1. The first kappa shape index (κ1) is 19.5. The highest BCUT2D eigenvalue weighted by molar-refractivity contribution is 5.50. The summed E-state index contributed by atoms with van der Waals surface area (Å²) in [5.41, 5.74) is 1.02. The first-order chi connectivity index (χ1) is 11.0. The maximum absolute atomic E-state index is 10.6. The fraction of sp³-hybridized carbons (Fsp3) is 0.611. The molecule has 2 N–H and O–H groups in total. The summed E-state index contributed by atoms with van der Waals surface area (Å²) in [6.45, 7) is 6.79. The number of ether oxygens (including phenoxy) is 2. The smallest absolute Gasteiger partial charge is 0.126 e. The first-order valence-electron chi connectivity index (χ1n) is 8.11. The zero-order valence-electron chi connectivity index (χ0n) is 14.5. The van der Waals surface area contributed by atoms with E-state index >= 15 is 0 Å². The van der Waals surface area contributed by atoms with Gasteiger partial charge >= 0.3 is 0 Å². The number of carbonyl (C=O) groups excluding carboxylic acids is 1. The van der Waals surface area contributed by atoms with Gasteiger partial charge < -0.3 is 24.7 Å². The summed E-state index contributed by atoms with van der Waals surface area (Å²) in [5, 5.41) is 13.2. The predicted octanol–water partition coefficient (Wildman–Crippen LogP) is 2.20. The molecule has 0 spiro atoms. The highest BCUT2D eigenvalue weighted by atomic mass is 16.5. The first-order valence-corrected chi connectivity index (χ1v) is 8.11. The molecule has 0 radical (unpaired) electrons. The molecule has 0 fully saturated rings. The molecule has 0 aromatic heterocycles. The zero-order chi connectivity index (χ0) is 17.2. The third kappa shape index (κ3) is 7.48. The van der Waals surface area contributed by atoms with E-state index in [1.54, 1.807) is 7.11 Å². The fourth-order valence-electron chi connectivity index (χ4n) is 2.20. The number of hydrogen-bond donors (Lipinski definition) is 2. The van der Waals surface area contributed by atoms with Crippen LogP contribution in [0.3, 0.4) is 0 Å². The Labute approximate surface area is 139 Å². The molecule has 0 amide bonds. The second-order valence-corrected chi connectivity index (χ2v) is 6.21. The van der Waals surface area contributed by atoms with Gasteiger partial charge in [-0.1, -0.05) is 26.8 Å². The number of aliphatic hydroxyl groups excluding tert-OH is 1. The van der Waals surface area contributed by atoms with Crippen LogP contribution >= 0.6 is 0 Å². The van der Waals surface area contributed by atoms with Crippen LogP contribution in [0.15, 0.2) is 18.2 Å². The fourth-order valence-corrected chi connectivity index (χ4v) is 2.20. The molecule has 5 nitrogen and oxygen atoms in total. The second-order valence-electron chi connectivity index (χ2n) is 6.21. The molecule has 130 valence electrons. The number of methoxy groups -OCH3 is 1. The number of rotatable bonds is 11. The van der Waals surface area contributed by atoms with Crippen LogP contribution in [0.2, 0.25) is 0 Å². The molecule has 1 unspecified atom stereocenters. The normalized spacial score (nSPS) is 13.7. The molecule has 0 bridgehead atoms. The van der Waals surface area contributed by atoms with Crippen molar-refractivity contribution >= 4 is 6.29 Å². The molecule has 23 heavy (non-hydrogen) atoms. The number of aliphatic hydroxyl groups is 1. The minimum Gasteiger partial charge on any atom is -0.497 e. The molecule has 0 heterocycles. The molecule has 1 aromatic rings. The maximum Gasteiger partial charge on any atom is 0.126 e. The molecule has 0 saturated carbocycles. The van der Waals surface area contributed by atoms with Crippen molar-refractivity contribution in [2.24, 2.45) is 5.92 Å². The molecule has 1 aromatic carbocycles. The van der Waals surface area contributed by atoms with E-state index in [1.165, 1.54) is 0 Å². The van der Waals surface area contributed by atoms with E-state index in [2.05, 4.69) is 5.32 Å². The Morgan fingerprint density at radius 3 is 2.65 bits per heavy atom. The van der Waals surface area contributed by atoms with Crippen molar-refractivity contribution in [3.8, 4) is 11.5 Å². The zero-order valence-corrected chi connectivity index (χ0v) is 14.5. The number of hydrogen-bond acceptors (Lipinski definition) is 5. The number of aldehydes is 1. The van der Waals surface area contributed by atoms with Gasteiger partial charge in [-0.2, -0.15) is 0 Å². The predicted molar refractivity (Wildman–Crippen MR) is 91.2 cm³/mol. The van der Waals surface area contributed by atoms with Crippen molar-refractivity contribution in [1.29, 1.82) is 0 Å². The van der Waals surface area contributed by atoms with Crippen LogP contribution in [0.5, 0.6) is 11.5 Å². The lowest BCUT2D eigenvalue weighted by Crippen LogP contribution is -2.35. The number of carbonyl (C=O) groups is 1. The Hall–Kier alpha value is -1.59. The average molecular weight is 323 g/mol. The lowest BCUT2D eigenvalue weighted by Gasteiger charge is -2.18. The summed E-state index contributed by atoms with van der Waals surface area (Å²) in [4.78, 5) is 10.6. The van der Waals surface area contributed by atoms with Crippen LogP contribution in [0, 0.1) is 5.92 Å². The van der Waals surface area contributed by atoms with Crippen LogP contribution < -0.4 is 14.8 Å². The molecule has 2 atom stereocenters. The SMILES string of the molecule is COc1ccc(C[C@H](C)CC=O)c(OCC(O)CNC(C)C)c1. The van der Waals surface area contributed by atoms with Crippen molar-refractivity contribution in [3.63, 3.8) is 0 Å². The molecular weight excluding hydrogens is 294 g/mol. The van der Waals surface area contributed by atoms with Crippen molar-refractivity contribution in [2.45, 2.75) is 45.8 Å². The average Bonchev–Trinajstić information content (AvgIpc) is 2.52. The quantitative estimate of drug-likeness (QED) is 0.611. The van der Waals surface area contributed by atoms with Gasteiger partial charge in [0.1, 0.15) is 30.5 Å². The summed E-state index contributed by atoms with van der Waals surface area (Å²) < 4.78 is 11.0. The van der Waals surface area contributed by atoms with Crippen LogP contribution in [0.25, 0.3) is 0 Å². The Bertz CT molecular complexity index is 476. The summed E-state index contributed by atoms with van der Waals surface area (Å²) in [7, 11) is 1.61. The minimum atomic E-state index is -0.580. The topological polar surface area (TPSA) is 67.8 Å². The molecule has 0 aliphatic heterocycles. The lowest BCUT2D eigenvalue weighted by molar-refractivity contribution is -0.108. The summed E-state index contributed by atoms with van der Waals surface area (Å²) in [6, 6.07) is 5.98. The Kier molecular flexibility index (Phi) is 8.66. The maximum atomic E-state index is 10.6. The van der Waals surface area contributed by atoms with Crippen LogP contribution in [0.1, 0.15) is 32.8 Å². The van der Waals surface area contributed by atoms with Gasteiger partial charge in [0.2, 0.25) is 0 Å². The van der Waals surface area contributed by atoms with Crippen LogP contribution in [-0.4, -0.2) is 43.8 Å². The van der Waals surface area contributed by atoms with E-state index in [0.29, 0.717) is 30.5 Å². The van der Waals surface area contributed by atoms with E-state index in [9.17, 15) is 9.90 Å². The summed E-state index contributed by atoms with van der Waals surface area (Å²) in [6.07, 6.45) is 1.63. The van der Waals surface area contributed by atoms with Crippen LogP contribution in [-0.2, 0) is 11.2 Å². The van der Waals surface area contributed by atoms with Gasteiger partial charge in [0, 0.05) is 25.1 Å². The highest BCUT2D eigenvalue weighted by Crippen LogP contribution is 2.27. The van der Waals surface area contributed by atoms with E-state index in [-0.39, 0.29) is 12.5 Å². The Morgan fingerprint density at radius 2 is 2.04 bits per heavy atom. The van der Waals surface area contributed by atoms with E-state index in [0.717, 1.165) is 18.3 Å². The molecular formula is C18H29NO4. The van der Waals surface area contributed by atoms with Gasteiger partial charge in [-0.3, -0.25) is 0 Å². The Morgan fingerprint density at radius 1 is 1.30 bits per heavy atom. The van der Waals surface area contributed by atoms with Gasteiger partial charge in [-0.25, -0.2) is 0 Å². The van der Waals surface area contributed by atoms with Gasteiger partial charge in [-0.05, 0) is 24.0 Å². The van der Waals surface area contributed by atoms with Gasteiger partial charge in [-0.15, -0.1) is 0 Å². The Balaban J connectivity index is 2.71. The minimum absolute atomic E-state index is 0.210. The summed E-state index contributed by atoms with van der Waals surface area (Å²) >= 11 is 0. The summed E-state index contributed by atoms with van der Waals surface area (Å²) in [5.74, 6) is 1.66. The van der Waals surface area contributed by atoms with Crippen LogP contribution in [0.4, 0.5) is 0 Å². The van der Waals surface area contributed by atoms with Gasteiger partial charge in [0.25, 0.3) is 0 Å². The monoisotopic (exact) mass is 323 g/mol. The molecule has 1 rings (SSSR count). The molecule has 0 saturated heterocycles. The third-order valence-corrected chi connectivity index (χ3v) is 3.53. The van der Waals surface area contributed by atoms with Crippen molar-refractivity contribution < 1.29 is 19.4 Å². The van der Waals surface area contributed by atoms with Crippen molar-refractivity contribution in [2.75, 3.05) is 20.3 Å². The van der Waals surface area contributed by atoms with E-state index in [1.807, 2.05) is 39.0 Å². The van der Waals surface area contributed by atoms with E-state index in [4.69, 9.17) is 9.47 Å². The lowest BCUT2D eigenvalue weighted by atomic mass is 9.98. The van der Waals surface area contributed by atoms with Gasteiger partial charge in [0.05, 0.1) is 7.11 Å². The van der Waals surface area contributed by atoms with Gasteiger partial charge in [0.15, 0.2) is 0 Å².